The van der Waals surface area contributed by atoms with Gasteiger partial charge in [-0.3, -0.25) is 0 Å². The average molecular weight is 246 g/mol. The number of aliphatic hydroxyl groups is 1. The van der Waals surface area contributed by atoms with E-state index in [1.54, 1.807) is 6.20 Å². The minimum Gasteiger partial charge on any atom is -0.392 e. The highest BCUT2D eigenvalue weighted by Gasteiger charge is 2.50. The van der Waals surface area contributed by atoms with Crippen LogP contribution in [0.5, 0.6) is 0 Å². The maximum absolute atomic E-state index is 10.6. The number of imidazole rings is 1. The molecule has 0 aliphatic heterocycles. The molecule has 0 aromatic carbocycles. The van der Waals surface area contributed by atoms with E-state index in [9.17, 15) is 5.11 Å². The topological polar surface area (TPSA) is 48.9 Å². The number of hydrogen-bond acceptors (Lipinski definition) is 2. The van der Waals surface area contributed by atoms with E-state index < -0.39 is 0 Å². The lowest BCUT2D eigenvalue weighted by Crippen LogP contribution is -2.49. The van der Waals surface area contributed by atoms with Gasteiger partial charge in [0, 0.05) is 18.8 Å². The van der Waals surface area contributed by atoms with E-state index in [2.05, 4.69) is 9.97 Å². The van der Waals surface area contributed by atoms with Gasteiger partial charge in [-0.1, -0.05) is 0 Å². The summed E-state index contributed by atoms with van der Waals surface area (Å²) < 4.78 is 0. The summed E-state index contributed by atoms with van der Waals surface area (Å²) in [6, 6.07) is 0. The summed E-state index contributed by atoms with van der Waals surface area (Å²) in [5, 5.41) is 10.6. The zero-order valence-electron chi connectivity index (χ0n) is 10.8. The van der Waals surface area contributed by atoms with Crippen LogP contribution < -0.4 is 0 Å². The Morgan fingerprint density at radius 2 is 1.83 bits per heavy atom. The summed E-state index contributed by atoms with van der Waals surface area (Å²) >= 11 is 0. The minimum atomic E-state index is -0.189. The second-order valence-electron chi connectivity index (χ2n) is 6.82. The highest BCUT2D eigenvalue weighted by atomic mass is 16.3. The molecule has 0 amide bonds. The molecule has 18 heavy (non-hydrogen) atoms. The number of hydrogen-bond donors (Lipinski definition) is 2. The molecule has 1 heterocycles. The summed E-state index contributed by atoms with van der Waals surface area (Å²) in [6.45, 7) is 0. The molecule has 4 aliphatic carbocycles. The van der Waals surface area contributed by atoms with Crippen LogP contribution in [-0.2, 0) is 6.42 Å². The van der Waals surface area contributed by atoms with Gasteiger partial charge in [0.1, 0.15) is 5.82 Å². The minimum absolute atomic E-state index is 0.189. The Morgan fingerprint density at radius 1 is 1.17 bits per heavy atom. The largest absolute Gasteiger partial charge is 0.392 e. The zero-order valence-corrected chi connectivity index (χ0v) is 10.8. The quantitative estimate of drug-likeness (QED) is 0.860. The maximum Gasteiger partial charge on any atom is 0.108 e. The van der Waals surface area contributed by atoms with Crippen molar-refractivity contribution in [1.29, 1.82) is 0 Å². The molecular formula is C15H22N2O. The molecule has 4 aliphatic rings. The Morgan fingerprint density at radius 3 is 2.39 bits per heavy atom. The number of aromatic amines is 1. The molecule has 0 saturated heterocycles. The lowest BCUT2D eigenvalue weighted by Gasteiger charge is -2.55. The summed E-state index contributed by atoms with van der Waals surface area (Å²) in [5.74, 6) is 5.05. The maximum atomic E-state index is 10.6. The highest BCUT2D eigenvalue weighted by Crippen LogP contribution is 2.57. The lowest BCUT2D eigenvalue weighted by atomic mass is 9.50. The van der Waals surface area contributed by atoms with Crippen molar-refractivity contribution in [3.8, 4) is 0 Å². The number of nitrogens with one attached hydrogen (secondary N) is 1. The van der Waals surface area contributed by atoms with Gasteiger partial charge < -0.3 is 10.1 Å². The van der Waals surface area contributed by atoms with E-state index in [1.807, 2.05) is 6.20 Å². The van der Waals surface area contributed by atoms with Crippen molar-refractivity contribution in [2.75, 3.05) is 0 Å². The lowest BCUT2D eigenvalue weighted by molar-refractivity contribution is -0.0891. The van der Waals surface area contributed by atoms with E-state index in [1.165, 1.54) is 32.1 Å². The van der Waals surface area contributed by atoms with Gasteiger partial charge in [0.2, 0.25) is 0 Å². The van der Waals surface area contributed by atoms with Crippen LogP contribution in [0.4, 0.5) is 0 Å². The van der Waals surface area contributed by atoms with Crippen LogP contribution in [-0.4, -0.2) is 21.2 Å². The van der Waals surface area contributed by atoms with Crippen LogP contribution in [0.3, 0.4) is 0 Å². The van der Waals surface area contributed by atoms with E-state index in [0.717, 1.165) is 29.5 Å². The summed E-state index contributed by atoms with van der Waals surface area (Å²) in [6.07, 6.45) is 11.1. The van der Waals surface area contributed by atoms with Crippen molar-refractivity contribution < 1.29 is 5.11 Å². The Kier molecular flexibility index (Phi) is 2.51. The van der Waals surface area contributed by atoms with Crippen LogP contribution in [0.2, 0.25) is 0 Å². The molecule has 4 saturated carbocycles. The molecule has 4 fully saturated rings. The Hall–Kier alpha value is -0.830. The molecule has 5 rings (SSSR count). The molecule has 2 N–H and O–H groups in total. The van der Waals surface area contributed by atoms with Gasteiger partial charge in [0.25, 0.3) is 0 Å². The zero-order chi connectivity index (χ0) is 12.1. The molecule has 3 nitrogen and oxygen atoms in total. The first-order chi connectivity index (χ1) is 8.79. The summed E-state index contributed by atoms with van der Waals surface area (Å²) in [7, 11) is 0. The third kappa shape index (κ3) is 1.71. The number of aliphatic hydroxyl groups excluding tert-OH is 1. The molecule has 1 atom stereocenters. The molecule has 98 valence electrons. The fourth-order valence-corrected chi connectivity index (χ4v) is 5.34. The SMILES string of the molecule is OC(Cc1ncc[nH]1)C1C2CC3CC(C2)CC1C3. The van der Waals surface area contributed by atoms with Crippen LogP contribution in [0.1, 0.15) is 37.9 Å². The van der Waals surface area contributed by atoms with Gasteiger partial charge in [-0.15, -0.1) is 0 Å². The number of aromatic nitrogens is 2. The number of nitrogens with zero attached hydrogens (tertiary/aromatic N) is 1. The van der Waals surface area contributed by atoms with Crippen LogP contribution in [0, 0.1) is 29.6 Å². The monoisotopic (exact) mass is 246 g/mol. The summed E-state index contributed by atoms with van der Waals surface area (Å²) in [4.78, 5) is 7.37. The third-order valence-corrected chi connectivity index (χ3v) is 5.70. The van der Waals surface area contributed by atoms with Crippen molar-refractivity contribution in [3.05, 3.63) is 18.2 Å². The van der Waals surface area contributed by atoms with Crippen molar-refractivity contribution in [2.45, 2.75) is 44.6 Å². The van der Waals surface area contributed by atoms with Crippen LogP contribution in [0.15, 0.2) is 12.4 Å². The Balaban J connectivity index is 1.50. The predicted molar refractivity (Wildman–Crippen MR) is 68.8 cm³/mol. The summed E-state index contributed by atoms with van der Waals surface area (Å²) in [5.41, 5.74) is 0. The van der Waals surface area contributed by atoms with Gasteiger partial charge in [-0.2, -0.15) is 0 Å². The highest BCUT2D eigenvalue weighted by molar-refractivity contribution is 5.02. The predicted octanol–water partition coefficient (Wildman–Crippen LogP) is 2.39. The smallest absolute Gasteiger partial charge is 0.108 e. The number of rotatable bonds is 3. The second-order valence-corrected chi connectivity index (χ2v) is 6.82. The van der Waals surface area contributed by atoms with E-state index >= 15 is 0 Å². The van der Waals surface area contributed by atoms with Gasteiger partial charge in [-0.25, -0.2) is 4.98 Å². The first kappa shape index (κ1) is 11.0. The van der Waals surface area contributed by atoms with Crippen LogP contribution in [0.25, 0.3) is 0 Å². The fraction of sp³-hybridized carbons (Fsp3) is 0.800. The van der Waals surface area contributed by atoms with E-state index in [4.69, 9.17) is 0 Å². The Bertz CT molecular complexity index is 386. The van der Waals surface area contributed by atoms with E-state index in [0.29, 0.717) is 12.3 Å². The van der Waals surface area contributed by atoms with Gasteiger partial charge in [-0.05, 0) is 61.7 Å². The molecule has 3 heteroatoms. The van der Waals surface area contributed by atoms with Crippen LogP contribution >= 0.6 is 0 Å². The fourth-order valence-electron chi connectivity index (χ4n) is 5.34. The second kappa shape index (κ2) is 4.09. The van der Waals surface area contributed by atoms with Gasteiger partial charge in [0.15, 0.2) is 0 Å². The third-order valence-electron chi connectivity index (χ3n) is 5.70. The molecule has 1 aromatic rings. The van der Waals surface area contributed by atoms with Gasteiger partial charge in [0.05, 0.1) is 6.10 Å². The standard InChI is InChI=1S/C15H22N2O/c18-13(8-14-16-1-2-17-14)15-11-4-9-3-10(6-11)7-12(15)5-9/h1-2,9-13,15,18H,3-8H2,(H,16,17). The van der Waals surface area contributed by atoms with Crippen molar-refractivity contribution in [2.24, 2.45) is 29.6 Å². The first-order valence-electron chi connectivity index (χ1n) is 7.46. The first-order valence-corrected chi connectivity index (χ1v) is 7.46. The Labute approximate surface area is 108 Å². The van der Waals surface area contributed by atoms with Gasteiger partial charge >= 0.3 is 0 Å². The number of H-pyrrole nitrogens is 1. The molecule has 0 spiro atoms. The van der Waals surface area contributed by atoms with Crippen molar-refractivity contribution in [1.82, 2.24) is 9.97 Å². The average Bonchev–Trinajstić information content (AvgIpc) is 2.80. The van der Waals surface area contributed by atoms with E-state index in [-0.39, 0.29) is 6.10 Å². The molecule has 1 unspecified atom stereocenters. The molecule has 0 radical (unpaired) electrons. The normalized spacial score (nSPS) is 43.3. The van der Waals surface area contributed by atoms with Crippen molar-refractivity contribution >= 4 is 0 Å². The molecule has 1 aromatic heterocycles. The molecule has 4 bridgehead atoms. The van der Waals surface area contributed by atoms with Crippen molar-refractivity contribution in [3.63, 3.8) is 0 Å². The molecular weight excluding hydrogens is 224 g/mol.